The van der Waals surface area contributed by atoms with Crippen LogP contribution in [0.1, 0.15) is 9.88 Å². The molecule has 1 aromatic heterocycles. The third kappa shape index (κ3) is 2.07. The van der Waals surface area contributed by atoms with E-state index in [1.807, 2.05) is 25.1 Å². The second kappa shape index (κ2) is 4.88. The minimum atomic E-state index is -0.0488. The number of hydrogen-bond acceptors (Lipinski definition) is 5. The summed E-state index contributed by atoms with van der Waals surface area (Å²) < 4.78 is 5.42. The molecule has 0 unspecified atom stereocenters. The molecule has 0 bridgehead atoms. The maximum Gasteiger partial charge on any atom is 0.264 e. The normalized spacial score (nSPS) is 14.2. The molecule has 2 aromatic rings. The molecule has 2 heterocycles. The highest BCUT2D eigenvalue weighted by Gasteiger charge is 2.23. The molecular formula is C14H15N3O2S. The average Bonchev–Trinajstić information content (AvgIpc) is 2.84. The van der Waals surface area contributed by atoms with Crippen LogP contribution in [-0.2, 0) is 11.3 Å². The molecule has 1 amide bonds. The van der Waals surface area contributed by atoms with Crippen LogP contribution in [0.25, 0.3) is 11.3 Å². The summed E-state index contributed by atoms with van der Waals surface area (Å²) in [5, 5.41) is 0.913. The zero-order valence-electron chi connectivity index (χ0n) is 11.3. The van der Waals surface area contributed by atoms with E-state index in [2.05, 4.69) is 4.98 Å². The summed E-state index contributed by atoms with van der Waals surface area (Å²) in [5.74, 6) is 0.676. The lowest BCUT2D eigenvalue weighted by Crippen LogP contribution is -2.35. The molecule has 6 heteroatoms. The fourth-order valence-electron chi connectivity index (χ4n) is 2.23. The number of likely N-dealkylation sites (N-methyl/N-ethyl adjacent to an activating group) is 1. The van der Waals surface area contributed by atoms with Crippen molar-refractivity contribution in [3.8, 4) is 17.0 Å². The fourth-order valence-corrected chi connectivity index (χ4v) is 3.06. The number of carbonyl (C=O) groups is 1. The molecule has 1 aliphatic heterocycles. The Bertz CT molecular complexity index is 681. The highest BCUT2D eigenvalue weighted by molar-refractivity contribution is 7.12. The van der Waals surface area contributed by atoms with Crippen LogP contribution >= 0.6 is 11.3 Å². The van der Waals surface area contributed by atoms with Crippen molar-refractivity contribution in [3.05, 3.63) is 28.1 Å². The number of thiazole rings is 1. The molecule has 20 heavy (non-hydrogen) atoms. The largest absolute Gasteiger partial charge is 0.482 e. The summed E-state index contributed by atoms with van der Waals surface area (Å²) >= 11 is 1.60. The Hall–Kier alpha value is -1.92. The second-order valence-electron chi connectivity index (χ2n) is 4.64. The van der Waals surface area contributed by atoms with Crippen LogP contribution in [0.4, 0.5) is 5.69 Å². The lowest BCUT2D eigenvalue weighted by molar-refractivity contribution is -0.120. The third-order valence-corrected chi connectivity index (χ3v) is 4.33. The van der Waals surface area contributed by atoms with Gasteiger partial charge in [-0.1, -0.05) is 0 Å². The number of aryl methyl sites for hydroxylation is 1. The number of aromatic nitrogens is 1. The monoisotopic (exact) mass is 289 g/mol. The first-order chi connectivity index (χ1) is 9.60. The number of carbonyl (C=O) groups excluding carboxylic acids is 1. The Balaban J connectivity index is 2.07. The number of anilines is 1. The lowest BCUT2D eigenvalue weighted by atomic mass is 10.1. The van der Waals surface area contributed by atoms with Gasteiger partial charge in [-0.15, -0.1) is 11.3 Å². The van der Waals surface area contributed by atoms with E-state index < -0.39 is 0 Å². The van der Waals surface area contributed by atoms with Crippen molar-refractivity contribution < 1.29 is 9.53 Å². The smallest absolute Gasteiger partial charge is 0.264 e. The summed E-state index contributed by atoms with van der Waals surface area (Å²) in [6.45, 7) is 2.56. The van der Waals surface area contributed by atoms with E-state index in [0.29, 0.717) is 6.54 Å². The lowest BCUT2D eigenvalue weighted by Gasteiger charge is -2.26. The number of ether oxygens (including phenoxy) is 1. The van der Waals surface area contributed by atoms with E-state index in [0.717, 1.165) is 32.6 Å². The molecule has 0 saturated heterocycles. The summed E-state index contributed by atoms with van der Waals surface area (Å²) in [4.78, 5) is 19.0. The number of fused-ring (bicyclic) bond motifs is 1. The standard InChI is InChI=1S/C14H15N3O2S/c1-8-14(16-12(6-15)20-8)9-3-4-11-10(5-9)17(2)13(18)7-19-11/h3-5H,6-7,15H2,1-2H3. The summed E-state index contributed by atoms with van der Waals surface area (Å²) in [6, 6.07) is 5.79. The molecule has 5 nitrogen and oxygen atoms in total. The van der Waals surface area contributed by atoms with E-state index in [1.165, 1.54) is 0 Å². The minimum Gasteiger partial charge on any atom is -0.482 e. The van der Waals surface area contributed by atoms with Crippen molar-refractivity contribution in [2.45, 2.75) is 13.5 Å². The molecule has 1 aliphatic rings. The van der Waals surface area contributed by atoms with Gasteiger partial charge in [-0.3, -0.25) is 4.79 Å². The zero-order valence-corrected chi connectivity index (χ0v) is 12.2. The number of rotatable bonds is 2. The summed E-state index contributed by atoms with van der Waals surface area (Å²) in [5.41, 5.74) is 8.31. The number of benzene rings is 1. The molecule has 0 saturated carbocycles. The average molecular weight is 289 g/mol. The van der Waals surface area contributed by atoms with Crippen molar-refractivity contribution in [1.82, 2.24) is 4.98 Å². The highest BCUT2D eigenvalue weighted by Crippen LogP contribution is 2.36. The molecule has 104 valence electrons. The van der Waals surface area contributed by atoms with Crippen LogP contribution < -0.4 is 15.4 Å². The van der Waals surface area contributed by atoms with Gasteiger partial charge >= 0.3 is 0 Å². The zero-order chi connectivity index (χ0) is 14.3. The van der Waals surface area contributed by atoms with Crippen molar-refractivity contribution in [2.75, 3.05) is 18.6 Å². The summed E-state index contributed by atoms with van der Waals surface area (Å²) in [7, 11) is 1.76. The van der Waals surface area contributed by atoms with Gasteiger partial charge in [-0.2, -0.15) is 0 Å². The topological polar surface area (TPSA) is 68.5 Å². The van der Waals surface area contributed by atoms with Crippen molar-refractivity contribution in [2.24, 2.45) is 5.73 Å². The van der Waals surface area contributed by atoms with E-state index in [-0.39, 0.29) is 12.5 Å². The number of amides is 1. The Morgan fingerprint density at radius 1 is 1.50 bits per heavy atom. The predicted molar refractivity (Wildman–Crippen MR) is 79.1 cm³/mol. The predicted octanol–water partition coefficient (Wildman–Crippen LogP) is 1.93. The molecular weight excluding hydrogens is 274 g/mol. The Morgan fingerprint density at radius 3 is 3.00 bits per heavy atom. The van der Waals surface area contributed by atoms with Crippen LogP contribution in [-0.4, -0.2) is 24.5 Å². The van der Waals surface area contributed by atoms with E-state index >= 15 is 0 Å². The maximum absolute atomic E-state index is 11.7. The molecule has 0 atom stereocenters. The summed E-state index contributed by atoms with van der Waals surface area (Å²) in [6.07, 6.45) is 0. The SMILES string of the molecule is Cc1sc(CN)nc1-c1ccc2c(c1)N(C)C(=O)CO2. The molecule has 0 aliphatic carbocycles. The van der Waals surface area contributed by atoms with Gasteiger partial charge in [0.15, 0.2) is 6.61 Å². The minimum absolute atomic E-state index is 0.0488. The first-order valence-corrected chi connectivity index (χ1v) is 7.12. The quantitative estimate of drug-likeness (QED) is 0.917. The third-order valence-electron chi connectivity index (χ3n) is 3.33. The van der Waals surface area contributed by atoms with E-state index in [4.69, 9.17) is 10.5 Å². The van der Waals surface area contributed by atoms with Gasteiger partial charge in [0.05, 0.1) is 11.4 Å². The highest BCUT2D eigenvalue weighted by atomic mass is 32.1. The Labute approximate surface area is 121 Å². The van der Waals surface area contributed by atoms with Crippen molar-refractivity contribution >= 4 is 22.9 Å². The van der Waals surface area contributed by atoms with Gasteiger partial charge in [0.1, 0.15) is 10.8 Å². The van der Waals surface area contributed by atoms with Crippen LogP contribution in [0, 0.1) is 6.92 Å². The molecule has 3 rings (SSSR count). The first-order valence-electron chi connectivity index (χ1n) is 6.30. The fraction of sp³-hybridized carbons (Fsp3) is 0.286. The van der Waals surface area contributed by atoms with Crippen LogP contribution in [0.3, 0.4) is 0 Å². The van der Waals surface area contributed by atoms with Gasteiger partial charge in [-0.05, 0) is 25.1 Å². The van der Waals surface area contributed by atoms with Crippen molar-refractivity contribution in [1.29, 1.82) is 0 Å². The van der Waals surface area contributed by atoms with Gasteiger partial charge in [0.2, 0.25) is 0 Å². The van der Waals surface area contributed by atoms with Gasteiger partial charge < -0.3 is 15.4 Å². The Morgan fingerprint density at radius 2 is 2.30 bits per heavy atom. The van der Waals surface area contributed by atoms with Crippen LogP contribution in [0.15, 0.2) is 18.2 Å². The first kappa shape index (κ1) is 13.1. The van der Waals surface area contributed by atoms with Gasteiger partial charge in [0, 0.05) is 24.0 Å². The van der Waals surface area contributed by atoms with Crippen LogP contribution in [0.2, 0.25) is 0 Å². The molecule has 1 aromatic carbocycles. The second-order valence-corrected chi connectivity index (χ2v) is 5.93. The number of nitrogens with two attached hydrogens (primary N) is 1. The Kier molecular flexibility index (Phi) is 3.19. The number of nitrogens with zero attached hydrogens (tertiary/aromatic N) is 2. The molecule has 2 N–H and O–H groups in total. The van der Waals surface area contributed by atoms with E-state index in [1.54, 1.807) is 23.3 Å². The van der Waals surface area contributed by atoms with E-state index in [9.17, 15) is 4.79 Å². The van der Waals surface area contributed by atoms with Gasteiger partial charge in [0.25, 0.3) is 5.91 Å². The molecule has 0 radical (unpaired) electrons. The maximum atomic E-state index is 11.7. The molecule has 0 spiro atoms. The van der Waals surface area contributed by atoms with Crippen molar-refractivity contribution in [3.63, 3.8) is 0 Å². The molecule has 0 fully saturated rings. The number of hydrogen-bond donors (Lipinski definition) is 1. The van der Waals surface area contributed by atoms with Crippen LogP contribution in [0.5, 0.6) is 5.75 Å². The van der Waals surface area contributed by atoms with Gasteiger partial charge in [-0.25, -0.2) is 4.98 Å².